The van der Waals surface area contributed by atoms with Gasteiger partial charge in [-0.15, -0.1) is 0 Å². The molecule has 1 saturated carbocycles. The third kappa shape index (κ3) is 2.78. The zero-order chi connectivity index (χ0) is 16.0. The molecule has 3 heterocycles. The van der Waals surface area contributed by atoms with E-state index < -0.39 is 0 Å². The number of nitrogens with one attached hydrogen (secondary N) is 1. The smallest absolute Gasteiger partial charge is 0.226 e. The zero-order valence-electron chi connectivity index (χ0n) is 13.7. The van der Waals surface area contributed by atoms with Crippen molar-refractivity contribution >= 4 is 5.91 Å². The molecule has 0 aromatic carbocycles. The molecule has 1 N–H and O–H groups in total. The number of amides is 1. The number of aromatic amines is 1. The first-order valence-corrected chi connectivity index (χ1v) is 8.41. The van der Waals surface area contributed by atoms with Crippen molar-refractivity contribution in [2.45, 2.75) is 38.0 Å². The first-order chi connectivity index (χ1) is 11.1. The van der Waals surface area contributed by atoms with E-state index in [1.54, 1.807) is 0 Å². The number of hydrogen-bond donors (Lipinski definition) is 1. The Labute approximate surface area is 135 Å². The standard InChI is InChI=1S/C17H23N5O/c1-11-6-16(20-19-11)12-4-3-5-22(10-12)17(23)15-7-14(15)13-8-18-21(2)9-13/h6,8-9,12,14-15H,3-5,7,10H2,1-2H3,(H,19,20)/t12-,14+,15+/m1/s1. The monoisotopic (exact) mass is 313 g/mol. The summed E-state index contributed by atoms with van der Waals surface area (Å²) in [6.45, 7) is 3.71. The molecule has 122 valence electrons. The van der Waals surface area contributed by atoms with Crippen molar-refractivity contribution in [2.75, 3.05) is 13.1 Å². The van der Waals surface area contributed by atoms with E-state index in [0.717, 1.165) is 43.7 Å². The van der Waals surface area contributed by atoms with Gasteiger partial charge in [-0.1, -0.05) is 0 Å². The normalized spacial score (nSPS) is 27.2. The van der Waals surface area contributed by atoms with Crippen LogP contribution in [0, 0.1) is 12.8 Å². The summed E-state index contributed by atoms with van der Waals surface area (Å²) in [6, 6.07) is 2.11. The lowest BCUT2D eigenvalue weighted by atomic mass is 9.94. The van der Waals surface area contributed by atoms with Crippen LogP contribution < -0.4 is 0 Å². The second-order valence-corrected chi connectivity index (χ2v) is 7.00. The minimum absolute atomic E-state index is 0.152. The molecule has 1 saturated heterocycles. The summed E-state index contributed by atoms with van der Waals surface area (Å²) in [7, 11) is 1.92. The van der Waals surface area contributed by atoms with E-state index in [0.29, 0.717) is 17.7 Å². The van der Waals surface area contributed by atoms with Gasteiger partial charge in [0.25, 0.3) is 0 Å². The largest absolute Gasteiger partial charge is 0.342 e. The maximum atomic E-state index is 12.8. The first kappa shape index (κ1) is 14.5. The van der Waals surface area contributed by atoms with E-state index in [2.05, 4.69) is 26.3 Å². The molecule has 1 amide bonds. The highest BCUT2D eigenvalue weighted by Gasteiger charge is 2.47. The molecule has 3 atom stereocenters. The van der Waals surface area contributed by atoms with E-state index in [4.69, 9.17) is 0 Å². The van der Waals surface area contributed by atoms with Crippen LogP contribution in [0.25, 0.3) is 0 Å². The maximum absolute atomic E-state index is 12.8. The maximum Gasteiger partial charge on any atom is 0.226 e. The third-order valence-electron chi connectivity index (χ3n) is 5.14. The van der Waals surface area contributed by atoms with Crippen molar-refractivity contribution in [3.05, 3.63) is 35.4 Å². The fourth-order valence-corrected chi connectivity index (χ4v) is 3.77. The van der Waals surface area contributed by atoms with Crippen LogP contribution in [-0.2, 0) is 11.8 Å². The molecule has 6 heteroatoms. The predicted octanol–water partition coefficient (Wildman–Crippen LogP) is 1.96. The lowest BCUT2D eigenvalue weighted by molar-refractivity contribution is -0.133. The molecule has 2 fully saturated rings. The van der Waals surface area contributed by atoms with Crippen LogP contribution in [-0.4, -0.2) is 43.9 Å². The average molecular weight is 313 g/mol. The molecule has 4 rings (SSSR count). The number of likely N-dealkylation sites (tertiary alicyclic amines) is 1. The third-order valence-corrected chi connectivity index (χ3v) is 5.14. The quantitative estimate of drug-likeness (QED) is 0.942. The lowest BCUT2D eigenvalue weighted by Gasteiger charge is -2.32. The van der Waals surface area contributed by atoms with Gasteiger partial charge in [0.05, 0.1) is 11.9 Å². The highest BCUT2D eigenvalue weighted by molar-refractivity contribution is 5.83. The Hall–Kier alpha value is -2.11. The predicted molar refractivity (Wildman–Crippen MR) is 85.9 cm³/mol. The number of nitrogens with zero attached hydrogens (tertiary/aromatic N) is 4. The van der Waals surface area contributed by atoms with Gasteiger partial charge in [-0.2, -0.15) is 10.2 Å². The van der Waals surface area contributed by atoms with Gasteiger partial charge in [0.2, 0.25) is 5.91 Å². The molecule has 1 aliphatic heterocycles. The summed E-state index contributed by atoms with van der Waals surface area (Å²) in [5.41, 5.74) is 3.38. The van der Waals surface area contributed by atoms with Crippen LogP contribution in [0.3, 0.4) is 0 Å². The summed E-state index contributed by atoms with van der Waals surface area (Å²) in [6.07, 6.45) is 7.07. The van der Waals surface area contributed by atoms with Crippen molar-refractivity contribution < 1.29 is 4.79 Å². The van der Waals surface area contributed by atoms with E-state index in [1.807, 2.05) is 31.0 Å². The number of hydrogen-bond acceptors (Lipinski definition) is 3. The van der Waals surface area contributed by atoms with Crippen LogP contribution >= 0.6 is 0 Å². The molecule has 1 aliphatic carbocycles. The van der Waals surface area contributed by atoms with Crippen LogP contribution in [0.5, 0.6) is 0 Å². The van der Waals surface area contributed by atoms with E-state index in [1.165, 1.54) is 5.56 Å². The average Bonchev–Trinajstić information content (AvgIpc) is 3.04. The number of aromatic nitrogens is 4. The summed E-state index contributed by atoms with van der Waals surface area (Å²) in [5, 5.41) is 11.6. The van der Waals surface area contributed by atoms with Crippen molar-refractivity contribution in [1.29, 1.82) is 0 Å². The Balaban J connectivity index is 1.41. The van der Waals surface area contributed by atoms with Crippen LogP contribution in [0.15, 0.2) is 18.5 Å². The minimum Gasteiger partial charge on any atom is -0.342 e. The summed E-state index contributed by atoms with van der Waals surface area (Å²) in [5.74, 6) is 1.20. The van der Waals surface area contributed by atoms with E-state index in [-0.39, 0.29) is 5.92 Å². The molecule has 0 unspecified atom stereocenters. The van der Waals surface area contributed by atoms with Crippen molar-refractivity contribution in [2.24, 2.45) is 13.0 Å². The van der Waals surface area contributed by atoms with E-state index in [9.17, 15) is 4.79 Å². The Morgan fingerprint density at radius 2 is 2.30 bits per heavy atom. The van der Waals surface area contributed by atoms with Gasteiger partial charge in [-0.25, -0.2) is 0 Å². The first-order valence-electron chi connectivity index (χ1n) is 8.41. The molecule has 2 aromatic heterocycles. The van der Waals surface area contributed by atoms with Gasteiger partial charge < -0.3 is 4.90 Å². The molecule has 2 aromatic rings. The second-order valence-electron chi connectivity index (χ2n) is 7.00. The Morgan fingerprint density at radius 1 is 1.43 bits per heavy atom. The van der Waals surface area contributed by atoms with Crippen molar-refractivity contribution in [3.63, 3.8) is 0 Å². The Morgan fingerprint density at radius 3 is 3.00 bits per heavy atom. The number of aryl methyl sites for hydroxylation is 2. The Bertz CT molecular complexity index is 718. The van der Waals surface area contributed by atoms with Gasteiger partial charge in [0, 0.05) is 43.9 Å². The fraction of sp³-hybridized carbons (Fsp3) is 0.588. The molecule has 0 bridgehead atoms. The van der Waals surface area contributed by atoms with Crippen molar-refractivity contribution in [3.8, 4) is 0 Å². The Kier molecular flexibility index (Phi) is 3.47. The summed E-state index contributed by atoms with van der Waals surface area (Å²) < 4.78 is 1.81. The molecular weight excluding hydrogens is 290 g/mol. The topological polar surface area (TPSA) is 66.8 Å². The van der Waals surface area contributed by atoms with Gasteiger partial charge in [-0.05, 0) is 43.7 Å². The van der Waals surface area contributed by atoms with Crippen molar-refractivity contribution in [1.82, 2.24) is 24.9 Å². The molecule has 0 spiro atoms. The van der Waals surface area contributed by atoms with E-state index >= 15 is 0 Å². The van der Waals surface area contributed by atoms with Gasteiger partial charge in [0.1, 0.15) is 0 Å². The number of carbonyl (C=O) groups excluding carboxylic acids is 1. The fourth-order valence-electron chi connectivity index (χ4n) is 3.77. The minimum atomic E-state index is 0.152. The summed E-state index contributed by atoms with van der Waals surface area (Å²) >= 11 is 0. The molecule has 6 nitrogen and oxygen atoms in total. The van der Waals surface area contributed by atoms with Crippen LogP contribution in [0.1, 0.15) is 48.0 Å². The zero-order valence-corrected chi connectivity index (χ0v) is 13.7. The van der Waals surface area contributed by atoms with Gasteiger partial charge in [0.15, 0.2) is 0 Å². The molecule has 0 radical (unpaired) electrons. The SMILES string of the molecule is Cc1cc([C@@H]2CCCN(C(=O)[C@H]3C[C@H]3c3cnn(C)c3)C2)n[nH]1. The van der Waals surface area contributed by atoms with Crippen LogP contribution in [0.4, 0.5) is 0 Å². The highest BCUT2D eigenvalue weighted by atomic mass is 16.2. The van der Waals surface area contributed by atoms with Crippen LogP contribution in [0.2, 0.25) is 0 Å². The highest BCUT2D eigenvalue weighted by Crippen LogP contribution is 2.48. The number of piperidine rings is 1. The number of H-pyrrole nitrogens is 1. The molecular formula is C17H23N5O. The molecule has 2 aliphatic rings. The summed E-state index contributed by atoms with van der Waals surface area (Å²) in [4.78, 5) is 14.9. The number of carbonyl (C=O) groups is 1. The second kappa shape index (κ2) is 5.51. The lowest BCUT2D eigenvalue weighted by Crippen LogP contribution is -2.40. The van der Waals surface area contributed by atoms with Gasteiger partial charge >= 0.3 is 0 Å². The van der Waals surface area contributed by atoms with Gasteiger partial charge in [-0.3, -0.25) is 14.6 Å². The number of rotatable bonds is 3. The molecule has 23 heavy (non-hydrogen) atoms.